The first-order chi connectivity index (χ1) is 14.7. The van der Waals surface area contributed by atoms with Crippen molar-refractivity contribution in [3.05, 3.63) is 35.4 Å². The monoisotopic (exact) mass is 411 g/mol. The summed E-state index contributed by atoms with van der Waals surface area (Å²) in [5.74, 6) is 1.85. The van der Waals surface area contributed by atoms with Crippen molar-refractivity contribution in [3.63, 3.8) is 0 Å². The van der Waals surface area contributed by atoms with Crippen LogP contribution in [0.15, 0.2) is 24.3 Å². The molecule has 1 aliphatic heterocycles. The van der Waals surface area contributed by atoms with E-state index in [4.69, 9.17) is 4.74 Å². The number of anilines is 3. The van der Waals surface area contributed by atoms with Gasteiger partial charge in [0.2, 0.25) is 17.8 Å². The number of hydrogen-bond donors (Lipinski definition) is 3. The zero-order valence-electron chi connectivity index (χ0n) is 18.0. The van der Waals surface area contributed by atoms with Crippen LogP contribution in [0.25, 0.3) is 0 Å². The van der Waals surface area contributed by atoms with E-state index in [0.717, 1.165) is 58.7 Å². The van der Waals surface area contributed by atoms with Gasteiger partial charge in [0.05, 0.1) is 13.2 Å². The zero-order valence-corrected chi connectivity index (χ0v) is 18.0. The maximum absolute atomic E-state index is 5.41. The Morgan fingerprint density at radius 2 is 1.67 bits per heavy atom. The van der Waals surface area contributed by atoms with E-state index in [2.05, 4.69) is 73.9 Å². The first-order valence-corrected chi connectivity index (χ1v) is 11.1. The largest absolute Gasteiger partial charge is 0.379 e. The van der Waals surface area contributed by atoms with Gasteiger partial charge >= 0.3 is 0 Å². The molecule has 1 aromatic carbocycles. The molecule has 0 bridgehead atoms. The molecular weight excluding hydrogens is 378 g/mol. The predicted molar refractivity (Wildman–Crippen MR) is 120 cm³/mol. The van der Waals surface area contributed by atoms with Crippen molar-refractivity contribution in [2.45, 2.75) is 45.2 Å². The minimum atomic E-state index is 0.255. The molecule has 0 saturated carbocycles. The van der Waals surface area contributed by atoms with Crippen molar-refractivity contribution in [2.24, 2.45) is 0 Å². The molecule has 1 saturated heterocycles. The van der Waals surface area contributed by atoms with Crippen LogP contribution in [0.2, 0.25) is 0 Å². The van der Waals surface area contributed by atoms with E-state index < -0.39 is 0 Å². The number of ether oxygens (including phenoxy) is 1. The fourth-order valence-electron chi connectivity index (χ4n) is 4.01. The molecule has 2 heterocycles. The third-order valence-corrected chi connectivity index (χ3v) is 5.48. The van der Waals surface area contributed by atoms with Gasteiger partial charge in [-0.15, -0.1) is 0 Å². The van der Waals surface area contributed by atoms with Gasteiger partial charge < -0.3 is 20.7 Å². The van der Waals surface area contributed by atoms with Crippen molar-refractivity contribution < 1.29 is 4.74 Å². The van der Waals surface area contributed by atoms with Crippen LogP contribution < -0.4 is 16.0 Å². The topological polar surface area (TPSA) is 87.2 Å². The lowest BCUT2D eigenvalue weighted by molar-refractivity contribution is 0.0378. The highest BCUT2D eigenvalue weighted by atomic mass is 16.5. The Morgan fingerprint density at radius 3 is 2.37 bits per heavy atom. The Bertz CT molecular complexity index is 798. The zero-order chi connectivity index (χ0) is 20.8. The van der Waals surface area contributed by atoms with Crippen LogP contribution in [-0.4, -0.2) is 71.3 Å². The van der Waals surface area contributed by atoms with Crippen molar-refractivity contribution >= 4 is 17.8 Å². The second kappa shape index (κ2) is 10.0. The maximum atomic E-state index is 5.41. The average molecular weight is 412 g/mol. The lowest BCUT2D eigenvalue weighted by Crippen LogP contribution is -2.37. The van der Waals surface area contributed by atoms with Crippen LogP contribution in [0.1, 0.15) is 31.4 Å². The molecule has 8 nitrogen and oxygen atoms in total. The summed E-state index contributed by atoms with van der Waals surface area (Å²) in [6.45, 7) is 9.77. The van der Waals surface area contributed by atoms with Crippen molar-refractivity contribution in [2.75, 3.05) is 55.3 Å². The van der Waals surface area contributed by atoms with E-state index in [1.165, 1.54) is 11.1 Å². The predicted octanol–water partition coefficient (Wildman–Crippen LogP) is 2.41. The van der Waals surface area contributed by atoms with E-state index >= 15 is 0 Å². The first-order valence-electron chi connectivity index (χ1n) is 11.1. The lowest BCUT2D eigenvalue weighted by Gasteiger charge is -2.26. The molecule has 30 heavy (non-hydrogen) atoms. The van der Waals surface area contributed by atoms with E-state index in [9.17, 15) is 0 Å². The number of nitrogens with one attached hydrogen (secondary N) is 3. The number of nitrogens with zero attached hydrogens (tertiary/aromatic N) is 4. The number of rotatable bonds is 9. The molecule has 1 aromatic heterocycles. The molecule has 0 unspecified atom stereocenters. The molecule has 2 aromatic rings. The summed E-state index contributed by atoms with van der Waals surface area (Å²) in [4.78, 5) is 16.2. The fraction of sp³-hybridized carbons (Fsp3) is 0.591. The highest BCUT2D eigenvalue weighted by Crippen LogP contribution is 2.24. The number of hydrogen-bond acceptors (Lipinski definition) is 8. The molecule has 0 atom stereocenters. The lowest BCUT2D eigenvalue weighted by atomic mass is 10.1. The first kappa shape index (κ1) is 20.8. The highest BCUT2D eigenvalue weighted by Gasteiger charge is 2.22. The fourth-order valence-corrected chi connectivity index (χ4v) is 4.01. The van der Waals surface area contributed by atoms with Gasteiger partial charge in [0, 0.05) is 31.7 Å². The second-order valence-electron chi connectivity index (χ2n) is 8.36. The molecule has 0 spiro atoms. The second-order valence-corrected chi connectivity index (χ2v) is 8.36. The van der Waals surface area contributed by atoms with Crippen LogP contribution in [0, 0.1) is 0 Å². The number of benzene rings is 1. The summed E-state index contributed by atoms with van der Waals surface area (Å²) in [7, 11) is 0. The normalized spacial score (nSPS) is 17.2. The molecule has 0 amide bonds. The quantitative estimate of drug-likeness (QED) is 0.542. The van der Waals surface area contributed by atoms with Crippen LogP contribution in [0.4, 0.5) is 17.8 Å². The molecule has 4 rings (SSSR count). The molecule has 1 aliphatic carbocycles. The van der Waals surface area contributed by atoms with Crippen molar-refractivity contribution in [3.8, 4) is 0 Å². The average Bonchev–Trinajstić information content (AvgIpc) is 3.13. The van der Waals surface area contributed by atoms with Crippen LogP contribution in [-0.2, 0) is 17.6 Å². The molecule has 3 N–H and O–H groups in total. The smallest absolute Gasteiger partial charge is 0.229 e. The summed E-state index contributed by atoms with van der Waals surface area (Å²) >= 11 is 0. The third-order valence-electron chi connectivity index (χ3n) is 5.48. The SMILES string of the molecule is CC(C)Nc1nc(NCCCN2CCOCC2)nc(NC2Cc3ccccc3C2)n1. The number of morpholine rings is 1. The Balaban J connectivity index is 1.35. The van der Waals surface area contributed by atoms with Gasteiger partial charge in [0.15, 0.2) is 0 Å². The number of fused-ring (bicyclic) bond motifs is 1. The van der Waals surface area contributed by atoms with Crippen LogP contribution >= 0.6 is 0 Å². The Morgan fingerprint density at radius 1 is 1.00 bits per heavy atom. The van der Waals surface area contributed by atoms with E-state index in [1.54, 1.807) is 0 Å². The van der Waals surface area contributed by atoms with Gasteiger partial charge in [-0.2, -0.15) is 15.0 Å². The molecule has 8 heteroatoms. The summed E-state index contributed by atoms with van der Waals surface area (Å²) in [6, 6.07) is 9.19. The summed E-state index contributed by atoms with van der Waals surface area (Å²) in [5.41, 5.74) is 2.82. The third kappa shape index (κ3) is 5.79. The maximum Gasteiger partial charge on any atom is 0.229 e. The van der Waals surface area contributed by atoms with E-state index in [0.29, 0.717) is 23.9 Å². The van der Waals surface area contributed by atoms with Gasteiger partial charge in [-0.25, -0.2) is 0 Å². The summed E-state index contributed by atoms with van der Waals surface area (Å²) < 4.78 is 5.41. The molecule has 162 valence electrons. The minimum absolute atomic E-state index is 0.255. The minimum Gasteiger partial charge on any atom is -0.379 e. The summed E-state index contributed by atoms with van der Waals surface area (Å²) in [6.07, 6.45) is 3.04. The van der Waals surface area contributed by atoms with Gasteiger partial charge in [-0.3, -0.25) is 4.90 Å². The Kier molecular flexibility index (Phi) is 6.96. The van der Waals surface area contributed by atoms with Gasteiger partial charge in [0.1, 0.15) is 0 Å². The van der Waals surface area contributed by atoms with Crippen molar-refractivity contribution in [1.82, 2.24) is 19.9 Å². The van der Waals surface area contributed by atoms with E-state index in [-0.39, 0.29) is 6.04 Å². The molecule has 0 radical (unpaired) electrons. The highest BCUT2D eigenvalue weighted by molar-refractivity contribution is 5.45. The molecule has 1 fully saturated rings. The van der Waals surface area contributed by atoms with Gasteiger partial charge in [-0.1, -0.05) is 24.3 Å². The van der Waals surface area contributed by atoms with Gasteiger partial charge in [-0.05, 0) is 50.8 Å². The van der Waals surface area contributed by atoms with Crippen LogP contribution in [0.3, 0.4) is 0 Å². The molecular formula is C22H33N7O. The summed E-state index contributed by atoms with van der Waals surface area (Å²) in [5, 5.41) is 10.2. The van der Waals surface area contributed by atoms with E-state index in [1.807, 2.05) is 0 Å². The van der Waals surface area contributed by atoms with Crippen LogP contribution in [0.5, 0.6) is 0 Å². The standard InChI is InChI=1S/C22H33N7O/c1-16(2)24-21-26-20(23-8-5-9-29-10-12-30-13-11-29)27-22(28-21)25-19-14-17-6-3-4-7-18(17)15-19/h3-4,6-7,16,19H,5,8-15H2,1-2H3,(H3,23,24,25,26,27,28). The van der Waals surface area contributed by atoms with Crippen molar-refractivity contribution in [1.29, 1.82) is 0 Å². The number of aromatic nitrogens is 3. The molecule has 2 aliphatic rings. The van der Waals surface area contributed by atoms with Gasteiger partial charge in [0.25, 0.3) is 0 Å². The Labute approximate surface area is 178 Å². The Hall–Kier alpha value is -2.45.